The first-order chi connectivity index (χ1) is 13.1. The summed E-state index contributed by atoms with van der Waals surface area (Å²) in [5.74, 6) is -1.05. The first-order valence-electron chi connectivity index (χ1n) is 8.85. The third kappa shape index (κ3) is 3.41. The maximum Gasteiger partial charge on any atom is 0.418 e. The summed E-state index contributed by atoms with van der Waals surface area (Å²) in [6.45, 7) is 0.449. The van der Waals surface area contributed by atoms with Gasteiger partial charge in [-0.1, -0.05) is 0 Å². The maximum atomic E-state index is 12.6. The van der Waals surface area contributed by atoms with E-state index < -0.39 is 57.9 Å². The number of nitrogens with zero attached hydrogens (tertiary/aromatic N) is 2. The summed E-state index contributed by atoms with van der Waals surface area (Å²) in [5.41, 5.74) is 7.12. The summed E-state index contributed by atoms with van der Waals surface area (Å²) < 4.78 is 35.6. The topological polar surface area (TPSA) is 181 Å². The monoisotopic (exact) mass is 419 g/mol. The lowest BCUT2D eigenvalue weighted by molar-refractivity contribution is -0.144. The minimum atomic E-state index is -4.86. The number of nitrogens with two attached hydrogens (primary N) is 1. The molecule has 1 spiro atoms. The molecule has 4 rings (SSSR count). The lowest BCUT2D eigenvalue weighted by Gasteiger charge is -2.35. The molecule has 1 aliphatic carbocycles. The van der Waals surface area contributed by atoms with Crippen molar-refractivity contribution >= 4 is 28.2 Å². The van der Waals surface area contributed by atoms with Crippen LogP contribution in [0.25, 0.3) is 0 Å². The molecular formula is C14H21N5O8S. The van der Waals surface area contributed by atoms with Crippen molar-refractivity contribution < 1.29 is 36.5 Å². The van der Waals surface area contributed by atoms with Gasteiger partial charge in [0.1, 0.15) is 6.04 Å². The van der Waals surface area contributed by atoms with Gasteiger partial charge in [0.15, 0.2) is 0 Å². The molecule has 14 heteroatoms. The smallest absolute Gasteiger partial charge is 0.368 e. The van der Waals surface area contributed by atoms with Crippen molar-refractivity contribution in [2.45, 2.75) is 49.9 Å². The quantitative estimate of drug-likeness (QED) is 0.270. The number of hydrogen-bond acceptors (Lipinski definition) is 8. The Balaban J connectivity index is 1.41. The Bertz CT molecular complexity index is 815. The van der Waals surface area contributed by atoms with Crippen LogP contribution in [-0.4, -0.2) is 78.1 Å². The van der Waals surface area contributed by atoms with Gasteiger partial charge in [-0.2, -0.15) is 13.5 Å². The fourth-order valence-corrected chi connectivity index (χ4v) is 4.64. The third-order valence-corrected chi connectivity index (χ3v) is 6.25. The number of nitrogens with one attached hydrogen (secondary N) is 2. The van der Waals surface area contributed by atoms with Gasteiger partial charge in [-0.25, -0.2) is 10.3 Å². The van der Waals surface area contributed by atoms with E-state index in [1.54, 1.807) is 0 Å². The van der Waals surface area contributed by atoms with E-state index in [1.807, 2.05) is 0 Å². The minimum absolute atomic E-state index is 0.112. The molecule has 0 aromatic rings. The van der Waals surface area contributed by atoms with Crippen LogP contribution in [0, 0.1) is 5.41 Å². The average molecular weight is 419 g/mol. The Hall–Kier alpha value is -2.00. The van der Waals surface area contributed by atoms with Crippen LogP contribution in [0.2, 0.25) is 0 Å². The van der Waals surface area contributed by atoms with Gasteiger partial charge < -0.3 is 16.0 Å². The molecular weight excluding hydrogens is 398 g/mol. The van der Waals surface area contributed by atoms with Crippen LogP contribution in [-0.2, 0) is 29.1 Å². The van der Waals surface area contributed by atoms with Crippen molar-refractivity contribution in [2.75, 3.05) is 13.1 Å². The predicted octanol–water partition coefficient (Wildman–Crippen LogP) is -2.36. The number of amides is 4. The van der Waals surface area contributed by atoms with Crippen molar-refractivity contribution in [2.24, 2.45) is 11.1 Å². The van der Waals surface area contributed by atoms with Crippen molar-refractivity contribution in [3.63, 3.8) is 0 Å². The number of carbonyl (C=O) groups is 3. The Morgan fingerprint density at radius 2 is 2.07 bits per heavy atom. The average Bonchev–Trinajstić information content (AvgIpc) is 3.10. The number of primary amides is 1. The number of rotatable bonds is 6. The zero-order valence-corrected chi connectivity index (χ0v) is 15.6. The molecule has 1 saturated carbocycles. The van der Waals surface area contributed by atoms with E-state index in [0.717, 1.165) is 0 Å². The van der Waals surface area contributed by atoms with Gasteiger partial charge in [0.2, 0.25) is 5.91 Å². The van der Waals surface area contributed by atoms with Gasteiger partial charge in [0, 0.05) is 19.5 Å². The summed E-state index contributed by atoms with van der Waals surface area (Å²) in [6.07, 6.45) is 1.62. The second-order valence-electron chi connectivity index (χ2n) is 7.67. The zero-order valence-electron chi connectivity index (χ0n) is 14.7. The normalized spacial score (nSPS) is 33.4. The second-order valence-corrected chi connectivity index (χ2v) is 8.67. The Morgan fingerprint density at radius 1 is 1.36 bits per heavy atom. The summed E-state index contributed by atoms with van der Waals surface area (Å²) >= 11 is 0. The van der Waals surface area contributed by atoms with E-state index in [1.165, 1.54) is 4.90 Å². The second kappa shape index (κ2) is 6.52. The molecule has 0 aromatic heterocycles. The zero-order chi connectivity index (χ0) is 20.3. The van der Waals surface area contributed by atoms with Crippen LogP contribution >= 0.6 is 0 Å². The fourth-order valence-electron chi connectivity index (χ4n) is 4.27. The molecule has 156 valence electrons. The van der Waals surface area contributed by atoms with E-state index in [4.69, 9.17) is 15.1 Å². The number of piperidine rings is 1. The van der Waals surface area contributed by atoms with Gasteiger partial charge in [-0.15, -0.1) is 4.28 Å². The van der Waals surface area contributed by atoms with E-state index in [0.29, 0.717) is 37.3 Å². The predicted molar refractivity (Wildman–Crippen MR) is 89.1 cm³/mol. The molecule has 3 aliphatic heterocycles. The molecule has 4 fully saturated rings. The number of hydroxylamine groups is 3. The van der Waals surface area contributed by atoms with Crippen LogP contribution < -0.4 is 16.5 Å². The maximum absolute atomic E-state index is 12.6. The molecule has 3 saturated heterocycles. The summed E-state index contributed by atoms with van der Waals surface area (Å²) in [5, 5.41) is 3.52. The molecule has 4 amide bonds. The summed E-state index contributed by atoms with van der Waals surface area (Å²) in [6, 6.07) is -2.74. The minimum Gasteiger partial charge on any atom is -0.368 e. The Kier molecular flexibility index (Phi) is 4.50. The number of fused-ring (bicyclic) bond motifs is 3. The number of urea groups is 1. The number of carbonyl (C=O) groups excluding carboxylic acids is 3. The van der Waals surface area contributed by atoms with Crippen molar-refractivity contribution in [3.05, 3.63) is 0 Å². The highest BCUT2D eigenvalue weighted by molar-refractivity contribution is 7.80. The summed E-state index contributed by atoms with van der Waals surface area (Å²) in [7, 11) is -4.86. The van der Waals surface area contributed by atoms with Crippen LogP contribution in [0.3, 0.4) is 0 Å². The van der Waals surface area contributed by atoms with Crippen molar-refractivity contribution in [1.29, 1.82) is 0 Å². The largest absolute Gasteiger partial charge is 0.418 e. The molecule has 5 N–H and O–H groups in total. The first kappa shape index (κ1) is 19.3. The van der Waals surface area contributed by atoms with Crippen LogP contribution in [0.15, 0.2) is 0 Å². The van der Waals surface area contributed by atoms with Gasteiger partial charge in [-0.05, 0) is 24.7 Å². The van der Waals surface area contributed by atoms with E-state index in [2.05, 4.69) is 15.1 Å². The fraction of sp³-hybridized carbons (Fsp3) is 0.786. The Labute approximate surface area is 160 Å². The third-order valence-electron chi connectivity index (χ3n) is 5.90. The standard InChI is InChI=1S/C14H21N5O8S/c15-11(20)8-3-7(5-16-8)26-17-12(21)9-4-14(1-2-14)10-6-18(9)13(22)19(10)27-28(23,24)25/h7-10,16H,1-6H2,(H2,15,20)(H,17,21)(H,23,24,25)/t7?,8?,9-,10-/m0/s1. The van der Waals surface area contributed by atoms with Crippen LogP contribution in [0.4, 0.5) is 4.79 Å². The molecule has 0 radical (unpaired) electrons. The lowest BCUT2D eigenvalue weighted by atomic mass is 9.85. The highest BCUT2D eigenvalue weighted by Crippen LogP contribution is 2.59. The van der Waals surface area contributed by atoms with E-state index in [-0.39, 0.29) is 6.54 Å². The van der Waals surface area contributed by atoms with Gasteiger partial charge in [0.25, 0.3) is 5.91 Å². The van der Waals surface area contributed by atoms with Gasteiger partial charge >= 0.3 is 16.4 Å². The van der Waals surface area contributed by atoms with Crippen molar-refractivity contribution in [3.8, 4) is 0 Å². The van der Waals surface area contributed by atoms with E-state index in [9.17, 15) is 22.8 Å². The lowest BCUT2D eigenvalue weighted by Crippen LogP contribution is -2.53. The highest BCUT2D eigenvalue weighted by atomic mass is 32.3. The molecule has 4 atom stereocenters. The van der Waals surface area contributed by atoms with Crippen LogP contribution in [0.5, 0.6) is 0 Å². The first-order valence-corrected chi connectivity index (χ1v) is 10.2. The highest BCUT2D eigenvalue weighted by Gasteiger charge is 2.65. The SMILES string of the molecule is NC(=O)C1CC(ONC(=O)[C@@H]2CC3(CC3)[C@@H]3CN2C(=O)N3OS(=O)(=O)O)CN1. The molecule has 4 aliphatic rings. The van der Waals surface area contributed by atoms with Gasteiger partial charge in [0.05, 0.1) is 18.2 Å². The summed E-state index contributed by atoms with van der Waals surface area (Å²) in [4.78, 5) is 42.9. The molecule has 28 heavy (non-hydrogen) atoms. The van der Waals surface area contributed by atoms with Gasteiger partial charge in [-0.3, -0.25) is 19.0 Å². The van der Waals surface area contributed by atoms with Crippen LogP contribution in [0.1, 0.15) is 25.7 Å². The molecule has 3 heterocycles. The number of hydrogen-bond donors (Lipinski definition) is 4. The van der Waals surface area contributed by atoms with E-state index >= 15 is 0 Å². The molecule has 2 bridgehead atoms. The molecule has 13 nitrogen and oxygen atoms in total. The van der Waals surface area contributed by atoms with Crippen molar-refractivity contribution in [1.82, 2.24) is 20.8 Å². The molecule has 0 aromatic carbocycles. The Morgan fingerprint density at radius 3 is 2.64 bits per heavy atom. The molecule has 2 unspecified atom stereocenters.